The summed E-state index contributed by atoms with van der Waals surface area (Å²) in [5.74, 6) is -2.32. The van der Waals surface area contributed by atoms with Gasteiger partial charge in [0.15, 0.2) is 6.61 Å². The first kappa shape index (κ1) is 21.6. The van der Waals surface area contributed by atoms with Crippen molar-refractivity contribution >= 4 is 17.8 Å². The fourth-order valence-corrected chi connectivity index (χ4v) is 2.28. The smallest absolute Gasteiger partial charge is 0.387 e. The molecule has 2 rings (SSSR count). The number of benzene rings is 2. The normalized spacial score (nSPS) is 10.2. The van der Waals surface area contributed by atoms with Crippen molar-refractivity contribution in [2.24, 2.45) is 0 Å². The molecule has 8 nitrogen and oxygen atoms in total. The Bertz CT molecular complexity index is 862. The number of amides is 2. The summed E-state index contributed by atoms with van der Waals surface area (Å²) in [6.07, 6.45) is 0. The summed E-state index contributed by atoms with van der Waals surface area (Å²) in [6.45, 7) is -3.73. The molecule has 0 spiro atoms. The first-order valence-electron chi connectivity index (χ1n) is 8.13. The predicted molar refractivity (Wildman–Crippen MR) is 95.4 cm³/mol. The third-order valence-electron chi connectivity index (χ3n) is 3.56. The van der Waals surface area contributed by atoms with E-state index in [0.717, 1.165) is 12.1 Å². The van der Waals surface area contributed by atoms with Crippen LogP contribution < -0.4 is 19.5 Å². The largest absolute Gasteiger partial charge is 0.496 e. The molecule has 2 aromatic rings. The quantitative estimate of drug-likeness (QED) is 0.669. The molecule has 1 N–H and O–H groups in total. The molecule has 0 aromatic heterocycles. The van der Waals surface area contributed by atoms with E-state index in [1.807, 2.05) is 5.32 Å². The molecule has 0 aliphatic carbocycles. The van der Waals surface area contributed by atoms with Crippen LogP contribution in [-0.4, -0.2) is 45.2 Å². The van der Waals surface area contributed by atoms with E-state index < -0.39 is 31.0 Å². The van der Waals surface area contributed by atoms with Gasteiger partial charge in [-0.15, -0.1) is 0 Å². The summed E-state index contributed by atoms with van der Waals surface area (Å²) in [5, 5.41) is 2.01. The van der Waals surface area contributed by atoms with Crippen molar-refractivity contribution in [1.29, 1.82) is 0 Å². The Labute approximate surface area is 164 Å². The monoisotopic (exact) mass is 409 g/mol. The number of esters is 1. The Morgan fingerprint density at radius 1 is 0.966 bits per heavy atom. The number of ether oxygens (including phenoxy) is 4. The third kappa shape index (κ3) is 5.89. The number of methoxy groups -OCH3 is 2. The van der Waals surface area contributed by atoms with Crippen molar-refractivity contribution in [2.75, 3.05) is 20.8 Å². The fraction of sp³-hybridized carbons (Fsp3) is 0.211. The fourth-order valence-electron chi connectivity index (χ4n) is 2.28. The van der Waals surface area contributed by atoms with Crippen molar-refractivity contribution in [1.82, 2.24) is 5.32 Å². The van der Waals surface area contributed by atoms with Crippen LogP contribution in [0.1, 0.15) is 20.7 Å². The zero-order valence-corrected chi connectivity index (χ0v) is 15.4. The number of imide groups is 1. The summed E-state index contributed by atoms with van der Waals surface area (Å²) in [6, 6.07) is 9.35. The molecule has 0 fully saturated rings. The number of hydrogen-bond donors (Lipinski definition) is 1. The van der Waals surface area contributed by atoms with Crippen LogP contribution in [0.15, 0.2) is 42.5 Å². The van der Waals surface area contributed by atoms with E-state index >= 15 is 0 Å². The van der Waals surface area contributed by atoms with Crippen molar-refractivity contribution < 1.29 is 42.1 Å². The molecular formula is C19H17F2NO7. The van der Waals surface area contributed by atoms with E-state index in [-0.39, 0.29) is 28.4 Å². The van der Waals surface area contributed by atoms with Crippen LogP contribution >= 0.6 is 0 Å². The minimum absolute atomic E-state index is 0.00811. The molecule has 0 radical (unpaired) electrons. The molecular weight excluding hydrogens is 392 g/mol. The molecule has 154 valence electrons. The lowest BCUT2D eigenvalue weighted by Crippen LogP contribution is -2.34. The highest BCUT2D eigenvalue weighted by Crippen LogP contribution is 2.28. The third-order valence-corrected chi connectivity index (χ3v) is 3.56. The number of carbonyl (C=O) groups is 3. The predicted octanol–water partition coefficient (Wildman–Crippen LogP) is 2.42. The van der Waals surface area contributed by atoms with Crippen molar-refractivity contribution in [3.63, 3.8) is 0 Å². The highest BCUT2D eigenvalue weighted by molar-refractivity contribution is 6.05. The SMILES string of the molecule is COc1cccc(OC)c1C(=O)OCC(=O)NC(=O)c1ccc(OC(F)F)cc1. The van der Waals surface area contributed by atoms with E-state index in [1.165, 1.54) is 38.5 Å². The summed E-state index contributed by atoms with van der Waals surface area (Å²) in [7, 11) is 2.71. The van der Waals surface area contributed by atoms with Gasteiger partial charge in [-0.05, 0) is 36.4 Å². The standard InChI is InChI=1S/C19H17F2NO7/c1-26-13-4-3-5-14(27-2)16(13)18(25)28-10-15(23)22-17(24)11-6-8-12(9-7-11)29-19(20)21/h3-9,19H,10H2,1-2H3,(H,22,23,24). The number of nitrogens with one attached hydrogen (secondary N) is 1. The van der Waals surface area contributed by atoms with Crippen molar-refractivity contribution in [3.8, 4) is 17.2 Å². The van der Waals surface area contributed by atoms with E-state index in [0.29, 0.717) is 0 Å². The van der Waals surface area contributed by atoms with Crippen LogP contribution in [0.25, 0.3) is 0 Å². The van der Waals surface area contributed by atoms with Crippen LogP contribution in [-0.2, 0) is 9.53 Å². The number of halogens is 2. The molecule has 0 heterocycles. The average molecular weight is 409 g/mol. The molecule has 29 heavy (non-hydrogen) atoms. The highest BCUT2D eigenvalue weighted by Gasteiger charge is 2.21. The van der Waals surface area contributed by atoms with E-state index in [9.17, 15) is 23.2 Å². The number of alkyl halides is 2. The van der Waals surface area contributed by atoms with Gasteiger partial charge in [-0.2, -0.15) is 8.78 Å². The van der Waals surface area contributed by atoms with E-state index in [2.05, 4.69) is 4.74 Å². The Kier molecular flexibility index (Phi) is 7.47. The minimum Gasteiger partial charge on any atom is -0.496 e. The summed E-state index contributed by atoms with van der Waals surface area (Å²) >= 11 is 0. The maximum Gasteiger partial charge on any atom is 0.387 e. The maximum atomic E-state index is 12.3. The number of rotatable bonds is 8. The van der Waals surface area contributed by atoms with Crippen LogP contribution in [0.4, 0.5) is 8.78 Å². The molecule has 0 unspecified atom stereocenters. The second-order valence-electron chi connectivity index (χ2n) is 5.39. The van der Waals surface area contributed by atoms with Gasteiger partial charge in [0.05, 0.1) is 14.2 Å². The lowest BCUT2D eigenvalue weighted by molar-refractivity contribution is -0.123. The molecule has 0 atom stereocenters. The zero-order valence-electron chi connectivity index (χ0n) is 15.4. The molecule has 2 amide bonds. The van der Waals surface area contributed by atoms with Gasteiger partial charge in [-0.25, -0.2) is 4.79 Å². The Balaban J connectivity index is 1.94. The van der Waals surface area contributed by atoms with Crippen molar-refractivity contribution in [3.05, 3.63) is 53.6 Å². The van der Waals surface area contributed by atoms with Crippen LogP contribution in [0, 0.1) is 0 Å². The van der Waals surface area contributed by atoms with Gasteiger partial charge in [-0.3, -0.25) is 14.9 Å². The first-order chi connectivity index (χ1) is 13.8. The summed E-state index contributed by atoms with van der Waals surface area (Å²) in [5.41, 5.74) is 0.0175. The molecule has 0 aliphatic rings. The first-order valence-corrected chi connectivity index (χ1v) is 8.13. The molecule has 10 heteroatoms. The van der Waals surface area contributed by atoms with Gasteiger partial charge in [0.25, 0.3) is 11.8 Å². The molecule has 0 aliphatic heterocycles. The topological polar surface area (TPSA) is 100 Å². The highest BCUT2D eigenvalue weighted by atomic mass is 19.3. The van der Waals surface area contributed by atoms with Gasteiger partial charge in [0.1, 0.15) is 22.8 Å². The van der Waals surface area contributed by atoms with Gasteiger partial charge >= 0.3 is 12.6 Å². The lowest BCUT2D eigenvalue weighted by Gasteiger charge is -2.12. The Hall–Kier alpha value is -3.69. The van der Waals surface area contributed by atoms with Gasteiger partial charge in [0, 0.05) is 5.56 Å². The number of carbonyl (C=O) groups excluding carboxylic acids is 3. The van der Waals surface area contributed by atoms with Crippen LogP contribution in [0.2, 0.25) is 0 Å². The molecule has 0 saturated carbocycles. The summed E-state index contributed by atoms with van der Waals surface area (Å²) in [4.78, 5) is 36.2. The Morgan fingerprint density at radius 2 is 1.55 bits per heavy atom. The van der Waals surface area contributed by atoms with Crippen molar-refractivity contribution in [2.45, 2.75) is 6.61 Å². The van der Waals surface area contributed by atoms with Gasteiger partial charge in [-0.1, -0.05) is 6.07 Å². The van der Waals surface area contributed by atoms with Gasteiger partial charge in [0.2, 0.25) is 0 Å². The second kappa shape index (κ2) is 10.0. The van der Waals surface area contributed by atoms with E-state index in [1.54, 1.807) is 6.07 Å². The summed E-state index contributed by atoms with van der Waals surface area (Å²) < 4.78 is 43.5. The molecule has 0 bridgehead atoms. The lowest BCUT2D eigenvalue weighted by atomic mass is 10.2. The minimum atomic E-state index is -2.99. The average Bonchev–Trinajstić information content (AvgIpc) is 2.71. The van der Waals surface area contributed by atoms with Crippen LogP contribution in [0.3, 0.4) is 0 Å². The molecule has 2 aromatic carbocycles. The zero-order chi connectivity index (χ0) is 21.4. The van der Waals surface area contributed by atoms with E-state index in [4.69, 9.17) is 14.2 Å². The maximum absolute atomic E-state index is 12.3. The Morgan fingerprint density at radius 3 is 2.07 bits per heavy atom. The molecule has 0 saturated heterocycles. The number of hydrogen-bond acceptors (Lipinski definition) is 7. The van der Waals surface area contributed by atoms with Gasteiger partial charge < -0.3 is 18.9 Å². The second-order valence-corrected chi connectivity index (χ2v) is 5.39. The van der Waals surface area contributed by atoms with Crippen LogP contribution in [0.5, 0.6) is 17.2 Å².